The van der Waals surface area contributed by atoms with Gasteiger partial charge >= 0.3 is 0 Å². The molecule has 3 aromatic rings. The molecule has 1 heterocycles. The minimum atomic E-state index is -0.639. The molecule has 5 nitrogen and oxygen atoms in total. The van der Waals surface area contributed by atoms with Crippen LogP contribution in [0, 0.1) is 18.6 Å². The van der Waals surface area contributed by atoms with E-state index in [1.807, 2.05) is 0 Å². The predicted octanol–water partition coefficient (Wildman–Crippen LogP) is 3.87. The molecule has 0 bridgehead atoms. The highest BCUT2D eigenvalue weighted by atomic mass is 79.9. The van der Waals surface area contributed by atoms with Crippen LogP contribution in [0.4, 0.5) is 14.5 Å². The predicted molar refractivity (Wildman–Crippen MR) is 88.1 cm³/mol. The van der Waals surface area contributed by atoms with Crippen molar-refractivity contribution in [3.63, 3.8) is 0 Å². The third-order valence-electron chi connectivity index (χ3n) is 3.22. The lowest BCUT2D eigenvalue weighted by atomic mass is 10.3. The fourth-order valence-corrected chi connectivity index (χ4v) is 2.42. The summed E-state index contributed by atoms with van der Waals surface area (Å²) in [6.07, 6.45) is 0. The normalized spacial score (nSPS) is 10.7. The maximum absolute atomic E-state index is 13.8. The third kappa shape index (κ3) is 3.33. The molecule has 1 N–H and O–H groups in total. The van der Waals surface area contributed by atoms with Gasteiger partial charge < -0.3 is 5.32 Å². The fourth-order valence-electron chi connectivity index (χ4n) is 2.08. The minimum Gasteiger partial charge on any atom is -0.317 e. The Hall–Kier alpha value is -2.61. The molecule has 0 unspecified atom stereocenters. The second kappa shape index (κ2) is 6.48. The van der Waals surface area contributed by atoms with Crippen LogP contribution in [0.1, 0.15) is 16.4 Å². The van der Waals surface area contributed by atoms with Crippen molar-refractivity contribution in [1.29, 1.82) is 0 Å². The van der Waals surface area contributed by atoms with Gasteiger partial charge in [0.1, 0.15) is 17.5 Å². The molecular weight excluding hydrogens is 382 g/mol. The molecule has 0 saturated carbocycles. The molecule has 122 valence electrons. The fraction of sp³-hybridized carbons (Fsp3) is 0.0625. The standard InChI is InChI=1S/C16H11BrF2N4O/c1-9-20-15(22-23(9)12-5-3-11(18)4-6-12)16(24)21-14-7-2-10(17)8-13(14)19/h2-8H,1H3,(H,21,24). The Morgan fingerprint density at radius 3 is 2.54 bits per heavy atom. The van der Waals surface area contributed by atoms with Crippen LogP contribution in [0.15, 0.2) is 46.9 Å². The number of aryl methyl sites for hydroxylation is 1. The lowest BCUT2D eigenvalue weighted by Crippen LogP contribution is -2.15. The average Bonchev–Trinajstić information content (AvgIpc) is 2.93. The molecule has 0 radical (unpaired) electrons. The van der Waals surface area contributed by atoms with Gasteiger partial charge in [-0.1, -0.05) is 15.9 Å². The highest BCUT2D eigenvalue weighted by molar-refractivity contribution is 9.10. The number of benzene rings is 2. The molecule has 24 heavy (non-hydrogen) atoms. The molecule has 1 aromatic heterocycles. The number of nitrogens with zero attached hydrogens (tertiary/aromatic N) is 3. The van der Waals surface area contributed by atoms with Gasteiger partial charge in [0.15, 0.2) is 0 Å². The molecule has 0 fully saturated rings. The number of hydrogen-bond acceptors (Lipinski definition) is 3. The van der Waals surface area contributed by atoms with Crippen molar-refractivity contribution in [3.8, 4) is 5.69 Å². The first kappa shape index (κ1) is 16.3. The first-order valence-corrected chi connectivity index (χ1v) is 7.69. The van der Waals surface area contributed by atoms with Crippen molar-refractivity contribution in [2.75, 3.05) is 5.32 Å². The Bertz CT molecular complexity index is 909. The number of carbonyl (C=O) groups excluding carboxylic acids is 1. The van der Waals surface area contributed by atoms with Crippen LogP contribution in [0.5, 0.6) is 0 Å². The van der Waals surface area contributed by atoms with Crippen LogP contribution in [-0.2, 0) is 0 Å². The largest absolute Gasteiger partial charge is 0.317 e. The Kier molecular flexibility index (Phi) is 4.39. The summed E-state index contributed by atoms with van der Waals surface area (Å²) in [5.74, 6) is -1.25. The zero-order valence-electron chi connectivity index (χ0n) is 12.4. The quantitative estimate of drug-likeness (QED) is 0.735. The Morgan fingerprint density at radius 1 is 1.17 bits per heavy atom. The average molecular weight is 393 g/mol. The summed E-state index contributed by atoms with van der Waals surface area (Å²) in [5, 5.41) is 6.51. The van der Waals surface area contributed by atoms with Gasteiger partial charge in [0.2, 0.25) is 5.82 Å². The molecule has 8 heteroatoms. The van der Waals surface area contributed by atoms with E-state index in [9.17, 15) is 13.6 Å². The number of hydrogen-bond donors (Lipinski definition) is 1. The molecule has 0 aliphatic heterocycles. The van der Waals surface area contributed by atoms with Crippen LogP contribution in [0.2, 0.25) is 0 Å². The zero-order chi connectivity index (χ0) is 17.3. The van der Waals surface area contributed by atoms with Crippen LogP contribution < -0.4 is 5.32 Å². The number of halogens is 3. The van der Waals surface area contributed by atoms with Gasteiger partial charge in [0.25, 0.3) is 5.91 Å². The number of amides is 1. The molecule has 2 aromatic carbocycles. The van der Waals surface area contributed by atoms with Gasteiger partial charge in [-0.15, -0.1) is 5.10 Å². The lowest BCUT2D eigenvalue weighted by molar-refractivity contribution is 0.101. The molecule has 0 aliphatic rings. The summed E-state index contributed by atoms with van der Waals surface area (Å²) in [5.41, 5.74) is 0.592. The van der Waals surface area contributed by atoms with E-state index in [-0.39, 0.29) is 17.3 Å². The Balaban J connectivity index is 1.86. The van der Waals surface area contributed by atoms with Gasteiger partial charge in [-0.2, -0.15) is 0 Å². The molecule has 0 aliphatic carbocycles. The SMILES string of the molecule is Cc1nc(C(=O)Nc2ccc(Br)cc2F)nn1-c1ccc(F)cc1. The molecule has 3 rings (SSSR count). The van der Waals surface area contributed by atoms with E-state index >= 15 is 0 Å². The number of rotatable bonds is 3. The molecule has 0 saturated heterocycles. The number of carbonyl (C=O) groups is 1. The van der Waals surface area contributed by atoms with E-state index in [1.54, 1.807) is 13.0 Å². The van der Waals surface area contributed by atoms with E-state index in [4.69, 9.17) is 0 Å². The highest BCUT2D eigenvalue weighted by Crippen LogP contribution is 2.20. The summed E-state index contributed by atoms with van der Waals surface area (Å²) in [4.78, 5) is 16.3. The van der Waals surface area contributed by atoms with E-state index in [0.717, 1.165) is 0 Å². The summed E-state index contributed by atoms with van der Waals surface area (Å²) < 4.78 is 28.8. The number of nitrogens with one attached hydrogen (secondary N) is 1. The Labute approximate surface area is 144 Å². The van der Waals surface area contributed by atoms with E-state index in [0.29, 0.717) is 16.0 Å². The van der Waals surface area contributed by atoms with Crippen molar-refractivity contribution < 1.29 is 13.6 Å². The Morgan fingerprint density at radius 2 is 1.88 bits per heavy atom. The van der Waals surface area contributed by atoms with Gasteiger partial charge in [-0.3, -0.25) is 4.79 Å². The van der Waals surface area contributed by atoms with Crippen LogP contribution >= 0.6 is 15.9 Å². The van der Waals surface area contributed by atoms with Crippen molar-refractivity contribution in [2.24, 2.45) is 0 Å². The smallest absolute Gasteiger partial charge is 0.295 e. The monoisotopic (exact) mass is 392 g/mol. The molecule has 1 amide bonds. The number of aromatic nitrogens is 3. The zero-order valence-corrected chi connectivity index (χ0v) is 14.0. The molecule has 0 spiro atoms. The summed E-state index contributed by atoms with van der Waals surface area (Å²) >= 11 is 3.14. The van der Waals surface area contributed by atoms with Crippen LogP contribution in [0.25, 0.3) is 5.69 Å². The van der Waals surface area contributed by atoms with Crippen molar-refractivity contribution in [3.05, 3.63) is 70.2 Å². The third-order valence-corrected chi connectivity index (χ3v) is 3.72. The lowest BCUT2D eigenvalue weighted by Gasteiger charge is -2.04. The second-order valence-electron chi connectivity index (χ2n) is 4.95. The van der Waals surface area contributed by atoms with Gasteiger partial charge in [0, 0.05) is 4.47 Å². The van der Waals surface area contributed by atoms with Gasteiger partial charge in [-0.05, 0) is 49.4 Å². The molecule has 0 atom stereocenters. The van der Waals surface area contributed by atoms with E-state index in [1.165, 1.54) is 41.1 Å². The summed E-state index contributed by atoms with van der Waals surface area (Å²) in [7, 11) is 0. The summed E-state index contributed by atoms with van der Waals surface area (Å²) in [6.45, 7) is 1.66. The maximum Gasteiger partial charge on any atom is 0.295 e. The second-order valence-corrected chi connectivity index (χ2v) is 5.86. The van der Waals surface area contributed by atoms with E-state index in [2.05, 4.69) is 31.3 Å². The summed E-state index contributed by atoms with van der Waals surface area (Å²) in [6, 6.07) is 9.89. The number of anilines is 1. The molecular formula is C16H11BrF2N4O. The van der Waals surface area contributed by atoms with Crippen LogP contribution in [0.3, 0.4) is 0 Å². The minimum absolute atomic E-state index is 0.0268. The van der Waals surface area contributed by atoms with Crippen molar-refractivity contribution in [1.82, 2.24) is 14.8 Å². The van der Waals surface area contributed by atoms with Crippen LogP contribution in [-0.4, -0.2) is 20.7 Å². The highest BCUT2D eigenvalue weighted by Gasteiger charge is 2.17. The van der Waals surface area contributed by atoms with Gasteiger partial charge in [0.05, 0.1) is 11.4 Å². The van der Waals surface area contributed by atoms with Gasteiger partial charge in [-0.25, -0.2) is 18.4 Å². The topological polar surface area (TPSA) is 59.8 Å². The van der Waals surface area contributed by atoms with Crippen molar-refractivity contribution >= 4 is 27.5 Å². The maximum atomic E-state index is 13.8. The first-order chi connectivity index (χ1) is 11.4. The first-order valence-electron chi connectivity index (χ1n) is 6.90. The van der Waals surface area contributed by atoms with Crippen molar-refractivity contribution in [2.45, 2.75) is 6.92 Å². The van der Waals surface area contributed by atoms with E-state index < -0.39 is 11.7 Å².